The number of amides is 1. The predicted molar refractivity (Wildman–Crippen MR) is 81.3 cm³/mol. The molecule has 2 fully saturated rings. The lowest BCUT2D eigenvalue weighted by molar-refractivity contribution is 0.0878. The van der Waals surface area contributed by atoms with Crippen molar-refractivity contribution in [2.45, 2.75) is 38.1 Å². The van der Waals surface area contributed by atoms with E-state index in [-0.39, 0.29) is 6.09 Å². The first-order chi connectivity index (χ1) is 10.3. The van der Waals surface area contributed by atoms with Crippen LogP contribution in [0.3, 0.4) is 0 Å². The van der Waals surface area contributed by atoms with Crippen LogP contribution < -0.4 is 4.74 Å². The first kappa shape index (κ1) is 14.4. The van der Waals surface area contributed by atoms with Crippen LogP contribution in [0.1, 0.15) is 32.1 Å². The van der Waals surface area contributed by atoms with Gasteiger partial charge in [-0.1, -0.05) is 18.6 Å². The summed E-state index contributed by atoms with van der Waals surface area (Å²) in [4.78, 5) is 16.6. The summed E-state index contributed by atoms with van der Waals surface area (Å²) in [6.45, 7) is 4.07. The highest BCUT2D eigenvalue weighted by Crippen LogP contribution is 2.21. The molecule has 0 bridgehead atoms. The summed E-state index contributed by atoms with van der Waals surface area (Å²) >= 11 is 0. The zero-order chi connectivity index (χ0) is 14.5. The molecule has 1 amide bonds. The summed E-state index contributed by atoms with van der Waals surface area (Å²) in [5.74, 6) is 0.594. The molecule has 2 aliphatic heterocycles. The quantitative estimate of drug-likeness (QED) is 0.838. The first-order valence-electron chi connectivity index (χ1n) is 8.00. The van der Waals surface area contributed by atoms with Crippen LogP contribution in [-0.2, 0) is 0 Å². The third-order valence-electron chi connectivity index (χ3n) is 4.52. The lowest BCUT2D eigenvalue weighted by Crippen LogP contribution is -2.48. The van der Waals surface area contributed by atoms with Crippen LogP contribution in [0, 0.1) is 6.07 Å². The van der Waals surface area contributed by atoms with E-state index in [2.05, 4.69) is 11.0 Å². The van der Waals surface area contributed by atoms with E-state index in [9.17, 15) is 4.79 Å². The maximum Gasteiger partial charge on any atom is 0.415 e. The highest BCUT2D eigenvalue weighted by atomic mass is 16.6. The SMILES string of the molecule is O=C(Oc1cc[c]cc1)N1CCC(N2CCCCC2)CC1. The Labute approximate surface area is 126 Å². The Hall–Kier alpha value is -1.55. The van der Waals surface area contributed by atoms with Crippen LogP contribution in [0.15, 0.2) is 24.3 Å². The molecule has 1 aromatic carbocycles. The highest BCUT2D eigenvalue weighted by Gasteiger charge is 2.28. The maximum absolute atomic E-state index is 12.1. The number of piperidine rings is 2. The molecule has 21 heavy (non-hydrogen) atoms. The van der Waals surface area contributed by atoms with E-state index in [1.165, 1.54) is 32.4 Å². The van der Waals surface area contributed by atoms with Crippen molar-refractivity contribution >= 4 is 6.09 Å². The van der Waals surface area contributed by atoms with Crippen molar-refractivity contribution in [2.24, 2.45) is 0 Å². The van der Waals surface area contributed by atoms with Crippen molar-refractivity contribution in [1.29, 1.82) is 0 Å². The van der Waals surface area contributed by atoms with Crippen LogP contribution in [-0.4, -0.2) is 48.1 Å². The lowest BCUT2D eigenvalue weighted by atomic mass is 10.0. The molecule has 0 atom stereocenters. The van der Waals surface area contributed by atoms with Gasteiger partial charge in [0.2, 0.25) is 0 Å². The van der Waals surface area contributed by atoms with E-state index in [1.54, 1.807) is 24.3 Å². The van der Waals surface area contributed by atoms with Crippen molar-refractivity contribution in [3.05, 3.63) is 30.3 Å². The molecule has 0 spiro atoms. The Morgan fingerprint density at radius 3 is 2.38 bits per heavy atom. The fourth-order valence-corrected chi connectivity index (χ4v) is 3.30. The Morgan fingerprint density at radius 1 is 1.05 bits per heavy atom. The van der Waals surface area contributed by atoms with Gasteiger partial charge in [-0.3, -0.25) is 0 Å². The van der Waals surface area contributed by atoms with Gasteiger partial charge < -0.3 is 14.5 Å². The van der Waals surface area contributed by atoms with Gasteiger partial charge in [0, 0.05) is 19.1 Å². The standard InChI is InChI=1S/C17H23N2O2/c20-17(21-16-7-3-1-4-8-16)19-13-9-15(10-14-19)18-11-5-2-6-12-18/h3-4,7-8,15H,2,5-6,9-14H2. The normalized spacial score (nSPS) is 21.2. The van der Waals surface area contributed by atoms with Crippen LogP contribution >= 0.6 is 0 Å². The minimum Gasteiger partial charge on any atom is -0.410 e. The summed E-state index contributed by atoms with van der Waals surface area (Å²) in [6, 6.07) is 10.6. The molecule has 4 heteroatoms. The average Bonchev–Trinajstić information content (AvgIpc) is 2.57. The minimum absolute atomic E-state index is 0.224. The average molecular weight is 287 g/mol. The number of hydrogen-bond acceptors (Lipinski definition) is 3. The van der Waals surface area contributed by atoms with E-state index in [4.69, 9.17) is 4.74 Å². The van der Waals surface area contributed by atoms with Gasteiger partial charge in [0.1, 0.15) is 5.75 Å². The van der Waals surface area contributed by atoms with Crippen molar-refractivity contribution in [1.82, 2.24) is 9.80 Å². The molecule has 2 saturated heterocycles. The van der Waals surface area contributed by atoms with Gasteiger partial charge in [-0.15, -0.1) is 0 Å². The Balaban J connectivity index is 1.47. The van der Waals surface area contributed by atoms with E-state index in [0.717, 1.165) is 25.9 Å². The van der Waals surface area contributed by atoms with E-state index in [0.29, 0.717) is 11.8 Å². The van der Waals surface area contributed by atoms with Gasteiger partial charge in [0.05, 0.1) is 0 Å². The van der Waals surface area contributed by atoms with Gasteiger partial charge >= 0.3 is 6.09 Å². The summed E-state index contributed by atoms with van der Waals surface area (Å²) in [5, 5.41) is 0. The summed E-state index contributed by atoms with van der Waals surface area (Å²) < 4.78 is 5.39. The molecule has 0 N–H and O–H groups in total. The van der Waals surface area contributed by atoms with Crippen LogP contribution in [0.25, 0.3) is 0 Å². The Kier molecular flexibility index (Phi) is 4.76. The maximum atomic E-state index is 12.1. The van der Waals surface area contributed by atoms with Crippen LogP contribution in [0.4, 0.5) is 4.79 Å². The van der Waals surface area contributed by atoms with Crippen LogP contribution in [0.2, 0.25) is 0 Å². The molecule has 1 aromatic rings. The number of carbonyl (C=O) groups is 1. The van der Waals surface area contributed by atoms with Gasteiger partial charge in [-0.25, -0.2) is 4.79 Å². The fourth-order valence-electron chi connectivity index (χ4n) is 3.30. The second-order valence-corrected chi connectivity index (χ2v) is 5.92. The number of nitrogens with zero attached hydrogens (tertiary/aromatic N) is 2. The van der Waals surface area contributed by atoms with Crippen molar-refractivity contribution < 1.29 is 9.53 Å². The van der Waals surface area contributed by atoms with Gasteiger partial charge in [-0.05, 0) is 57.0 Å². The largest absolute Gasteiger partial charge is 0.415 e. The first-order valence-corrected chi connectivity index (χ1v) is 8.00. The smallest absolute Gasteiger partial charge is 0.410 e. The molecular formula is C17H23N2O2. The summed E-state index contributed by atoms with van der Waals surface area (Å²) in [5.41, 5.74) is 0. The van der Waals surface area contributed by atoms with Gasteiger partial charge in [0.25, 0.3) is 0 Å². The Bertz CT molecular complexity index is 449. The molecule has 2 heterocycles. The predicted octanol–water partition coefficient (Wildman–Crippen LogP) is 2.94. The number of likely N-dealkylation sites (tertiary alicyclic amines) is 2. The molecule has 0 saturated carbocycles. The number of benzene rings is 1. The minimum atomic E-state index is -0.224. The lowest BCUT2D eigenvalue weighted by Gasteiger charge is -2.39. The third-order valence-corrected chi connectivity index (χ3v) is 4.52. The van der Waals surface area contributed by atoms with Crippen molar-refractivity contribution in [3.63, 3.8) is 0 Å². The molecule has 113 valence electrons. The van der Waals surface area contributed by atoms with E-state index >= 15 is 0 Å². The number of rotatable bonds is 2. The molecule has 2 aliphatic rings. The van der Waals surface area contributed by atoms with Gasteiger partial charge in [-0.2, -0.15) is 0 Å². The van der Waals surface area contributed by atoms with Crippen LogP contribution in [0.5, 0.6) is 5.75 Å². The summed E-state index contributed by atoms with van der Waals surface area (Å²) in [7, 11) is 0. The molecule has 3 rings (SSSR count). The number of carbonyl (C=O) groups excluding carboxylic acids is 1. The Morgan fingerprint density at radius 2 is 1.71 bits per heavy atom. The molecular weight excluding hydrogens is 264 g/mol. The fraction of sp³-hybridized carbons (Fsp3) is 0.588. The van der Waals surface area contributed by atoms with E-state index < -0.39 is 0 Å². The molecule has 0 aliphatic carbocycles. The number of ether oxygens (including phenoxy) is 1. The molecule has 0 aromatic heterocycles. The monoisotopic (exact) mass is 287 g/mol. The zero-order valence-electron chi connectivity index (χ0n) is 12.5. The highest BCUT2D eigenvalue weighted by molar-refractivity contribution is 5.70. The zero-order valence-corrected chi connectivity index (χ0v) is 12.5. The van der Waals surface area contributed by atoms with Crippen molar-refractivity contribution in [3.8, 4) is 5.75 Å². The topological polar surface area (TPSA) is 32.8 Å². The van der Waals surface area contributed by atoms with E-state index in [1.807, 2.05) is 4.90 Å². The van der Waals surface area contributed by atoms with Gasteiger partial charge in [0.15, 0.2) is 0 Å². The molecule has 4 nitrogen and oxygen atoms in total. The number of hydrogen-bond donors (Lipinski definition) is 0. The second-order valence-electron chi connectivity index (χ2n) is 5.92. The molecule has 0 unspecified atom stereocenters. The third kappa shape index (κ3) is 3.76. The second kappa shape index (κ2) is 6.94. The van der Waals surface area contributed by atoms with Crippen molar-refractivity contribution in [2.75, 3.05) is 26.2 Å². The summed E-state index contributed by atoms with van der Waals surface area (Å²) in [6.07, 6.45) is 5.93. The molecule has 1 radical (unpaired) electrons.